The van der Waals surface area contributed by atoms with E-state index < -0.39 is 0 Å². The summed E-state index contributed by atoms with van der Waals surface area (Å²) in [5.41, 5.74) is 4.88. The fourth-order valence-electron chi connectivity index (χ4n) is 1.74. The Morgan fingerprint density at radius 3 is 2.83 bits per heavy atom. The van der Waals surface area contributed by atoms with Gasteiger partial charge in [-0.1, -0.05) is 10.3 Å². The molecular weight excluding hydrogens is 330 g/mol. The maximum atomic E-state index is 5.75. The van der Waals surface area contributed by atoms with Gasteiger partial charge in [-0.05, 0) is 49.8 Å². The zero-order valence-electron chi connectivity index (χ0n) is 13.7. The number of hydrogen-bond acceptors (Lipinski definition) is 7. The Bertz CT molecular complexity index is 717. The number of nitrogens with one attached hydrogen (secondary N) is 2. The van der Waals surface area contributed by atoms with E-state index in [1.807, 2.05) is 25.1 Å². The summed E-state index contributed by atoms with van der Waals surface area (Å²) in [4.78, 5) is 0. The van der Waals surface area contributed by atoms with Gasteiger partial charge in [0.25, 0.3) is 0 Å². The van der Waals surface area contributed by atoms with E-state index in [0.29, 0.717) is 34.6 Å². The number of aromatic nitrogens is 2. The van der Waals surface area contributed by atoms with Crippen molar-refractivity contribution in [1.29, 1.82) is 0 Å². The van der Waals surface area contributed by atoms with Crippen LogP contribution in [0.25, 0.3) is 0 Å². The Kier molecular flexibility index (Phi) is 6.50. The zero-order valence-corrected chi connectivity index (χ0v) is 14.5. The summed E-state index contributed by atoms with van der Waals surface area (Å²) < 4.78 is 16.0. The summed E-state index contributed by atoms with van der Waals surface area (Å²) in [6.45, 7) is 4.48. The van der Waals surface area contributed by atoms with E-state index >= 15 is 0 Å². The largest absolute Gasteiger partial charge is 0.490 e. The minimum Gasteiger partial charge on any atom is -0.490 e. The SMILES string of the molecule is CCOc1cc(/C=N/NC(=S)NC)ccc1OCc1nonc1C. The van der Waals surface area contributed by atoms with Gasteiger partial charge in [0.2, 0.25) is 0 Å². The van der Waals surface area contributed by atoms with E-state index in [9.17, 15) is 0 Å². The van der Waals surface area contributed by atoms with Crippen molar-refractivity contribution in [2.45, 2.75) is 20.5 Å². The Morgan fingerprint density at radius 1 is 1.33 bits per heavy atom. The van der Waals surface area contributed by atoms with Gasteiger partial charge in [-0.15, -0.1) is 0 Å². The third kappa shape index (κ3) is 4.92. The fraction of sp³-hybridized carbons (Fsp3) is 0.333. The summed E-state index contributed by atoms with van der Waals surface area (Å²) >= 11 is 4.94. The molecule has 2 N–H and O–H groups in total. The molecule has 0 amide bonds. The summed E-state index contributed by atoms with van der Waals surface area (Å²) in [5, 5.41) is 14.8. The van der Waals surface area contributed by atoms with Crippen molar-refractivity contribution in [2.75, 3.05) is 13.7 Å². The van der Waals surface area contributed by atoms with Crippen LogP contribution in [0.4, 0.5) is 0 Å². The van der Waals surface area contributed by atoms with Crippen LogP contribution in [0.1, 0.15) is 23.9 Å². The molecular formula is C15H19N5O3S. The fourth-order valence-corrected chi connectivity index (χ4v) is 1.79. The summed E-state index contributed by atoms with van der Waals surface area (Å²) in [6.07, 6.45) is 1.64. The molecule has 1 aromatic heterocycles. The maximum Gasteiger partial charge on any atom is 0.186 e. The van der Waals surface area contributed by atoms with Crippen LogP contribution in [0.3, 0.4) is 0 Å². The highest BCUT2D eigenvalue weighted by molar-refractivity contribution is 7.80. The topological polar surface area (TPSA) is 93.8 Å². The molecule has 2 rings (SSSR count). The summed E-state index contributed by atoms with van der Waals surface area (Å²) in [7, 11) is 1.72. The Balaban J connectivity index is 2.08. The van der Waals surface area contributed by atoms with Crippen molar-refractivity contribution >= 4 is 23.5 Å². The van der Waals surface area contributed by atoms with Crippen molar-refractivity contribution < 1.29 is 14.1 Å². The molecule has 0 atom stereocenters. The number of hydrogen-bond donors (Lipinski definition) is 2. The summed E-state index contributed by atoms with van der Waals surface area (Å²) in [6, 6.07) is 5.51. The molecule has 0 bridgehead atoms. The third-order valence-corrected chi connectivity index (χ3v) is 3.28. The van der Waals surface area contributed by atoms with Gasteiger partial charge in [0.1, 0.15) is 18.0 Å². The predicted molar refractivity (Wildman–Crippen MR) is 93.4 cm³/mol. The van der Waals surface area contributed by atoms with Crippen molar-refractivity contribution in [3.05, 3.63) is 35.2 Å². The van der Waals surface area contributed by atoms with Gasteiger partial charge >= 0.3 is 0 Å². The highest BCUT2D eigenvalue weighted by Crippen LogP contribution is 2.28. The lowest BCUT2D eigenvalue weighted by Crippen LogP contribution is -2.28. The number of thiocarbonyl (C=S) groups is 1. The lowest BCUT2D eigenvalue weighted by Gasteiger charge is -2.11. The first-order valence-corrected chi connectivity index (χ1v) is 7.73. The van der Waals surface area contributed by atoms with Crippen molar-refractivity contribution in [3.63, 3.8) is 0 Å². The smallest absolute Gasteiger partial charge is 0.186 e. The minimum absolute atomic E-state index is 0.251. The average molecular weight is 349 g/mol. The van der Waals surface area contributed by atoms with E-state index in [4.69, 9.17) is 21.7 Å². The number of benzene rings is 1. The van der Waals surface area contributed by atoms with Gasteiger partial charge in [-0.3, -0.25) is 5.43 Å². The first kappa shape index (κ1) is 17.7. The zero-order chi connectivity index (χ0) is 17.4. The number of hydrazone groups is 1. The normalized spacial score (nSPS) is 10.6. The van der Waals surface area contributed by atoms with Gasteiger partial charge in [0.15, 0.2) is 16.6 Å². The quantitative estimate of drug-likeness (QED) is 0.444. The van der Waals surface area contributed by atoms with Crippen LogP contribution in [-0.4, -0.2) is 35.3 Å². The van der Waals surface area contributed by atoms with E-state index in [0.717, 1.165) is 5.56 Å². The lowest BCUT2D eigenvalue weighted by atomic mass is 10.2. The van der Waals surface area contributed by atoms with Crippen LogP contribution in [0.5, 0.6) is 11.5 Å². The van der Waals surface area contributed by atoms with Crippen molar-refractivity contribution in [2.24, 2.45) is 5.10 Å². The molecule has 0 radical (unpaired) electrons. The van der Waals surface area contributed by atoms with Gasteiger partial charge in [0.05, 0.1) is 12.8 Å². The Morgan fingerprint density at radius 2 is 2.17 bits per heavy atom. The van der Waals surface area contributed by atoms with Gasteiger partial charge in [-0.2, -0.15) is 5.10 Å². The van der Waals surface area contributed by atoms with Gasteiger partial charge < -0.3 is 14.8 Å². The predicted octanol–water partition coefficient (Wildman–Crippen LogP) is 1.78. The van der Waals surface area contributed by atoms with Crippen LogP contribution in [0.2, 0.25) is 0 Å². The second kappa shape index (κ2) is 8.82. The molecule has 9 heteroatoms. The number of nitrogens with zero attached hydrogens (tertiary/aromatic N) is 3. The van der Waals surface area contributed by atoms with E-state index in [1.54, 1.807) is 20.2 Å². The second-order valence-corrected chi connectivity index (χ2v) is 5.08. The molecule has 0 saturated carbocycles. The van der Waals surface area contributed by atoms with E-state index in [-0.39, 0.29) is 6.61 Å². The Hall–Kier alpha value is -2.68. The van der Waals surface area contributed by atoms with Crippen LogP contribution in [0, 0.1) is 6.92 Å². The van der Waals surface area contributed by atoms with Crippen LogP contribution >= 0.6 is 12.2 Å². The van der Waals surface area contributed by atoms with Crippen LogP contribution in [-0.2, 0) is 6.61 Å². The first-order chi connectivity index (χ1) is 11.6. The van der Waals surface area contributed by atoms with Crippen molar-refractivity contribution in [1.82, 2.24) is 21.1 Å². The minimum atomic E-state index is 0.251. The van der Waals surface area contributed by atoms with E-state index in [2.05, 4.69) is 30.8 Å². The molecule has 0 saturated heterocycles. The molecule has 0 aliphatic carbocycles. The van der Waals surface area contributed by atoms with Crippen LogP contribution in [0.15, 0.2) is 27.9 Å². The second-order valence-electron chi connectivity index (χ2n) is 4.67. The maximum absolute atomic E-state index is 5.75. The molecule has 2 aromatic rings. The first-order valence-electron chi connectivity index (χ1n) is 7.32. The molecule has 24 heavy (non-hydrogen) atoms. The molecule has 0 aliphatic heterocycles. The van der Waals surface area contributed by atoms with E-state index in [1.165, 1.54) is 0 Å². The molecule has 0 fully saturated rings. The van der Waals surface area contributed by atoms with Crippen molar-refractivity contribution in [3.8, 4) is 11.5 Å². The Labute approximate surface area is 145 Å². The highest BCUT2D eigenvalue weighted by atomic mass is 32.1. The monoisotopic (exact) mass is 349 g/mol. The molecule has 0 unspecified atom stereocenters. The highest BCUT2D eigenvalue weighted by Gasteiger charge is 2.10. The standard InChI is InChI=1S/C15H19N5O3S/c1-4-21-14-7-11(8-17-18-15(24)16-3)5-6-13(14)22-9-12-10(2)19-23-20-12/h5-8H,4,9H2,1-3H3,(H2,16,18,24)/b17-8+. The summed E-state index contributed by atoms with van der Waals surface area (Å²) in [5.74, 6) is 1.22. The number of aryl methyl sites for hydroxylation is 1. The third-order valence-electron chi connectivity index (χ3n) is 2.99. The van der Waals surface area contributed by atoms with Gasteiger partial charge in [-0.25, -0.2) is 4.63 Å². The molecule has 0 aliphatic rings. The number of ether oxygens (including phenoxy) is 2. The molecule has 8 nitrogen and oxygen atoms in total. The number of rotatable bonds is 7. The lowest BCUT2D eigenvalue weighted by molar-refractivity contribution is 0.253. The molecule has 1 heterocycles. The molecule has 128 valence electrons. The van der Waals surface area contributed by atoms with Crippen LogP contribution < -0.4 is 20.2 Å². The molecule has 1 aromatic carbocycles. The van der Waals surface area contributed by atoms with Gasteiger partial charge in [0, 0.05) is 7.05 Å². The molecule has 0 spiro atoms. The average Bonchev–Trinajstić information content (AvgIpc) is 2.99.